The number of hydrogen-bond acceptors (Lipinski definition) is 8. The SMILES string of the molecule is CCOC(=O)CN1CCC(NC(=O)c2cc(Cl)c(N)nc2OC)C(OC)C1. The van der Waals surface area contributed by atoms with Crippen LogP contribution in [-0.2, 0) is 14.3 Å². The van der Waals surface area contributed by atoms with Crippen molar-refractivity contribution in [1.29, 1.82) is 0 Å². The second kappa shape index (κ2) is 9.72. The zero-order valence-electron chi connectivity index (χ0n) is 15.7. The number of anilines is 1. The molecule has 2 unspecified atom stereocenters. The minimum atomic E-state index is -0.382. The smallest absolute Gasteiger partial charge is 0.320 e. The number of nitrogens with one attached hydrogen (secondary N) is 1. The Labute approximate surface area is 163 Å². The molecule has 0 bridgehead atoms. The van der Waals surface area contributed by atoms with Gasteiger partial charge in [0.25, 0.3) is 5.91 Å². The summed E-state index contributed by atoms with van der Waals surface area (Å²) in [6.45, 7) is 3.43. The van der Waals surface area contributed by atoms with Crippen LogP contribution in [0.1, 0.15) is 23.7 Å². The van der Waals surface area contributed by atoms with Gasteiger partial charge in [-0.2, -0.15) is 4.98 Å². The molecule has 1 amide bonds. The number of nitrogens with zero attached hydrogens (tertiary/aromatic N) is 2. The molecule has 1 aromatic rings. The Kier molecular flexibility index (Phi) is 7.64. The average molecular weight is 401 g/mol. The van der Waals surface area contributed by atoms with Crippen LogP contribution in [0.4, 0.5) is 5.82 Å². The number of halogens is 1. The van der Waals surface area contributed by atoms with Gasteiger partial charge in [0.15, 0.2) is 0 Å². The van der Waals surface area contributed by atoms with Crippen molar-refractivity contribution >= 4 is 29.3 Å². The second-order valence-corrected chi connectivity index (χ2v) is 6.50. The average Bonchev–Trinajstić information content (AvgIpc) is 2.64. The number of hydrogen-bond donors (Lipinski definition) is 2. The van der Waals surface area contributed by atoms with E-state index in [1.54, 1.807) is 14.0 Å². The Hall–Kier alpha value is -2.10. The first kappa shape index (κ1) is 21.2. The van der Waals surface area contributed by atoms with Crippen LogP contribution in [0.15, 0.2) is 6.07 Å². The number of aromatic nitrogens is 1. The Morgan fingerprint density at radius 3 is 2.81 bits per heavy atom. The van der Waals surface area contributed by atoms with Crippen LogP contribution < -0.4 is 15.8 Å². The molecule has 3 N–H and O–H groups in total. The first-order chi connectivity index (χ1) is 12.9. The van der Waals surface area contributed by atoms with Gasteiger partial charge < -0.3 is 25.3 Å². The molecule has 0 saturated carbocycles. The van der Waals surface area contributed by atoms with E-state index in [1.807, 2.05) is 4.90 Å². The highest BCUT2D eigenvalue weighted by Gasteiger charge is 2.32. The lowest BCUT2D eigenvalue weighted by molar-refractivity contribution is -0.145. The Morgan fingerprint density at radius 1 is 1.44 bits per heavy atom. The molecule has 27 heavy (non-hydrogen) atoms. The van der Waals surface area contributed by atoms with Crippen molar-refractivity contribution in [1.82, 2.24) is 15.2 Å². The minimum absolute atomic E-state index is 0.0899. The number of carbonyl (C=O) groups excluding carboxylic acids is 2. The predicted octanol–water partition coefficient (Wildman–Crippen LogP) is 0.708. The maximum absolute atomic E-state index is 12.7. The fourth-order valence-electron chi connectivity index (χ4n) is 2.97. The van der Waals surface area contributed by atoms with Crippen LogP contribution in [0.25, 0.3) is 0 Å². The van der Waals surface area contributed by atoms with E-state index in [1.165, 1.54) is 13.2 Å². The lowest BCUT2D eigenvalue weighted by Crippen LogP contribution is -2.55. The highest BCUT2D eigenvalue weighted by molar-refractivity contribution is 6.33. The van der Waals surface area contributed by atoms with E-state index >= 15 is 0 Å². The zero-order chi connectivity index (χ0) is 20.0. The quantitative estimate of drug-likeness (QED) is 0.643. The van der Waals surface area contributed by atoms with E-state index in [4.69, 9.17) is 31.5 Å². The highest BCUT2D eigenvalue weighted by Crippen LogP contribution is 2.25. The number of nitrogens with two attached hydrogens (primary N) is 1. The predicted molar refractivity (Wildman–Crippen MR) is 100.0 cm³/mol. The number of piperidine rings is 1. The molecule has 1 fully saturated rings. The van der Waals surface area contributed by atoms with Crippen LogP contribution in [0.5, 0.6) is 5.88 Å². The molecule has 0 aromatic carbocycles. The summed E-state index contributed by atoms with van der Waals surface area (Å²) in [4.78, 5) is 30.3. The molecule has 150 valence electrons. The van der Waals surface area contributed by atoms with Gasteiger partial charge >= 0.3 is 5.97 Å². The highest BCUT2D eigenvalue weighted by atomic mass is 35.5. The van der Waals surface area contributed by atoms with Crippen molar-refractivity contribution in [2.45, 2.75) is 25.5 Å². The van der Waals surface area contributed by atoms with Gasteiger partial charge in [0.05, 0.1) is 37.4 Å². The number of carbonyl (C=O) groups is 2. The Bertz CT molecular complexity index is 688. The summed E-state index contributed by atoms with van der Waals surface area (Å²) in [5.74, 6) is -0.468. The van der Waals surface area contributed by atoms with Crippen LogP contribution >= 0.6 is 11.6 Å². The van der Waals surface area contributed by atoms with Gasteiger partial charge in [-0.3, -0.25) is 14.5 Å². The molecule has 1 saturated heterocycles. The minimum Gasteiger partial charge on any atom is -0.480 e. The Balaban J connectivity index is 2.04. The zero-order valence-corrected chi connectivity index (χ0v) is 16.4. The number of pyridine rings is 1. The molecule has 10 heteroatoms. The van der Waals surface area contributed by atoms with Crippen LogP contribution in [0.2, 0.25) is 5.02 Å². The number of esters is 1. The van der Waals surface area contributed by atoms with Gasteiger partial charge in [0.2, 0.25) is 5.88 Å². The molecule has 0 aliphatic carbocycles. The number of methoxy groups -OCH3 is 2. The largest absolute Gasteiger partial charge is 0.480 e. The van der Waals surface area contributed by atoms with Crippen molar-refractivity contribution in [3.8, 4) is 5.88 Å². The van der Waals surface area contributed by atoms with Gasteiger partial charge in [-0.1, -0.05) is 11.6 Å². The molecule has 1 aromatic heterocycles. The monoisotopic (exact) mass is 400 g/mol. The van der Waals surface area contributed by atoms with Crippen LogP contribution in [-0.4, -0.2) is 74.4 Å². The first-order valence-corrected chi connectivity index (χ1v) is 8.99. The maximum atomic E-state index is 12.7. The molecule has 2 rings (SSSR count). The first-order valence-electron chi connectivity index (χ1n) is 8.61. The third-order valence-corrected chi connectivity index (χ3v) is 4.63. The van der Waals surface area contributed by atoms with Gasteiger partial charge in [-0.25, -0.2) is 0 Å². The summed E-state index contributed by atoms with van der Waals surface area (Å²) in [6.07, 6.45) is 0.336. The van der Waals surface area contributed by atoms with Crippen molar-refractivity contribution in [3.05, 3.63) is 16.7 Å². The standard InChI is InChI=1S/C17H25ClN4O5/c1-4-27-14(23)9-22-6-5-12(13(8-22)25-2)20-16(24)10-7-11(18)15(19)21-17(10)26-3/h7,12-13H,4-6,8-9H2,1-3H3,(H2,19,21)(H,20,24). The van der Waals surface area contributed by atoms with E-state index < -0.39 is 0 Å². The number of rotatable bonds is 7. The van der Waals surface area contributed by atoms with Gasteiger partial charge in [0, 0.05) is 20.2 Å². The number of amides is 1. The topological polar surface area (TPSA) is 116 Å². The fourth-order valence-corrected chi connectivity index (χ4v) is 3.12. The van der Waals surface area contributed by atoms with E-state index in [-0.39, 0.29) is 52.9 Å². The van der Waals surface area contributed by atoms with Crippen molar-refractivity contribution in [2.24, 2.45) is 0 Å². The molecule has 2 heterocycles. The van der Waals surface area contributed by atoms with E-state index in [9.17, 15) is 9.59 Å². The van der Waals surface area contributed by atoms with E-state index in [0.29, 0.717) is 26.1 Å². The summed E-state index contributed by atoms with van der Waals surface area (Å²) >= 11 is 5.98. The van der Waals surface area contributed by atoms with Crippen LogP contribution in [0.3, 0.4) is 0 Å². The lowest BCUT2D eigenvalue weighted by atomic mass is 10.0. The summed E-state index contributed by atoms with van der Waals surface area (Å²) in [7, 11) is 2.97. The molecule has 1 aliphatic heterocycles. The maximum Gasteiger partial charge on any atom is 0.320 e. The number of nitrogen functional groups attached to an aromatic ring is 1. The van der Waals surface area contributed by atoms with Gasteiger partial charge in [-0.15, -0.1) is 0 Å². The molecule has 2 atom stereocenters. The molecular formula is C17H25ClN4O5. The van der Waals surface area contributed by atoms with Crippen molar-refractivity contribution in [3.63, 3.8) is 0 Å². The normalized spacial score (nSPS) is 20.1. The third kappa shape index (κ3) is 5.44. The summed E-state index contributed by atoms with van der Waals surface area (Å²) in [5, 5.41) is 3.10. The number of ether oxygens (including phenoxy) is 3. The Morgan fingerprint density at radius 2 is 2.19 bits per heavy atom. The molecule has 1 aliphatic rings. The van der Waals surface area contributed by atoms with E-state index in [2.05, 4.69) is 10.3 Å². The second-order valence-electron chi connectivity index (χ2n) is 6.10. The third-order valence-electron chi connectivity index (χ3n) is 4.33. The summed E-state index contributed by atoms with van der Waals surface area (Å²) in [5.41, 5.74) is 5.85. The van der Waals surface area contributed by atoms with Gasteiger partial charge in [-0.05, 0) is 19.4 Å². The van der Waals surface area contributed by atoms with Crippen LogP contribution in [0, 0.1) is 0 Å². The lowest BCUT2D eigenvalue weighted by Gasteiger charge is -2.37. The van der Waals surface area contributed by atoms with Crippen molar-refractivity contribution in [2.75, 3.05) is 46.2 Å². The molecule has 0 radical (unpaired) electrons. The summed E-state index contributed by atoms with van der Waals surface area (Å²) < 4.78 is 15.6. The fraction of sp³-hybridized carbons (Fsp3) is 0.588. The molecule has 0 spiro atoms. The summed E-state index contributed by atoms with van der Waals surface area (Å²) in [6, 6.07) is 1.19. The van der Waals surface area contributed by atoms with Gasteiger partial charge in [0.1, 0.15) is 11.4 Å². The van der Waals surface area contributed by atoms with Crippen molar-refractivity contribution < 1.29 is 23.8 Å². The molecule has 9 nitrogen and oxygen atoms in total. The van der Waals surface area contributed by atoms with E-state index in [0.717, 1.165) is 0 Å². The molecular weight excluding hydrogens is 376 g/mol. The number of likely N-dealkylation sites (tertiary alicyclic amines) is 1.